The van der Waals surface area contributed by atoms with Gasteiger partial charge in [0.1, 0.15) is 0 Å². The third kappa shape index (κ3) is 6.22. The quantitative estimate of drug-likeness (QED) is 0.736. The van der Waals surface area contributed by atoms with Gasteiger partial charge in [0, 0.05) is 13.1 Å². The molecular weight excluding hydrogens is 232 g/mol. The molecule has 2 nitrogen and oxygen atoms in total. The number of hydrogen-bond acceptors (Lipinski definition) is 2. The summed E-state index contributed by atoms with van der Waals surface area (Å²) in [7, 11) is 4.27. The van der Waals surface area contributed by atoms with Gasteiger partial charge in [-0.2, -0.15) is 0 Å². The summed E-state index contributed by atoms with van der Waals surface area (Å²) in [6.45, 7) is 7.93. The minimum atomic E-state index is 0.762. The molecule has 19 heavy (non-hydrogen) atoms. The van der Waals surface area contributed by atoms with Crippen molar-refractivity contribution in [3.63, 3.8) is 0 Å². The van der Waals surface area contributed by atoms with Gasteiger partial charge in [-0.05, 0) is 50.5 Å². The minimum absolute atomic E-state index is 0.762. The molecule has 0 heterocycles. The summed E-state index contributed by atoms with van der Waals surface area (Å²) < 4.78 is 0. The van der Waals surface area contributed by atoms with Gasteiger partial charge in [0.2, 0.25) is 0 Å². The van der Waals surface area contributed by atoms with Gasteiger partial charge in [0.05, 0.1) is 0 Å². The van der Waals surface area contributed by atoms with E-state index in [1.54, 1.807) is 0 Å². The first kappa shape index (κ1) is 16.2. The average Bonchev–Trinajstić information content (AvgIpc) is 2.45. The van der Waals surface area contributed by atoms with Crippen LogP contribution in [0.1, 0.15) is 31.4 Å². The summed E-state index contributed by atoms with van der Waals surface area (Å²) in [5.74, 6) is 0.762. The van der Waals surface area contributed by atoms with Crippen LogP contribution >= 0.6 is 0 Å². The zero-order chi connectivity index (χ0) is 14.1. The van der Waals surface area contributed by atoms with Crippen LogP contribution in [0.25, 0.3) is 0 Å². The Labute approximate surface area is 119 Å². The van der Waals surface area contributed by atoms with Crippen molar-refractivity contribution in [2.24, 2.45) is 5.92 Å². The third-order valence-electron chi connectivity index (χ3n) is 3.85. The normalized spacial score (nSPS) is 12.9. The minimum Gasteiger partial charge on any atom is -0.319 e. The smallest absolute Gasteiger partial charge is 0.00189 e. The lowest BCUT2D eigenvalue weighted by atomic mass is 10.1. The van der Waals surface area contributed by atoms with Crippen LogP contribution in [-0.4, -0.2) is 38.6 Å². The second-order valence-electron chi connectivity index (χ2n) is 5.51. The van der Waals surface area contributed by atoms with Crippen LogP contribution < -0.4 is 5.32 Å². The van der Waals surface area contributed by atoms with Crippen LogP contribution in [0.5, 0.6) is 0 Å². The Morgan fingerprint density at radius 1 is 1.11 bits per heavy atom. The topological polar surface area (TPSA) is 15.3 Å². The molecule has 1 unspecified atom stereocenters. The van der Waals surface area contributed by atoms with Crippen molar-refractivity contribution in [1.29, 1.82) is 0 Å². The highest BCUT2D eigenvalue weighted by atomic mass is 15.1. The molecule has 1 aromatic rings. The van der Waals surface area contributed by atoms with E-state index in [-0.39, 0.29) is 0 Å². The molecule has 0 amide bonds. The van der Waals surface area contributed by atoms with E-state index < -0.39 is 0 Å². The van der Waals surface area contributed by atoms with E-state index in [2.05, 4.69) is 55.4 Å². The Bertz CT molecular complexity index is 332. The standard InChI is InChI=1S/C17H30N2/c1-5-15-7-9-17(10-8-15)11-12-19(4)14-16(6-2)13-18-3/h7-10,16,18H,5-6,11-14H2,1-4H3. The van der Waals surface area contributed by atoms with E-state index in [1.807, 2.05) is 7.05 Å². The summed E-state index contributed by atoms with van der Waals surface area (Å²) >= 11 is 0. The van der Waals surface area contributed by atoms with E-state index in [4.69, 9.17) is 0 Å². The number of likely N-dealkylation sites (N-methyl/N-ethyl adjacent to an activating group) is 1. The second kappa shape index (κ2) is 9.11. The molecule has 0 aliphatic rings. The molecule has 0 saturated carbocycles. The highest BCUT2D eigenvalue weighted by molar-refractivity contribution is 5.22. The fourth-order valence-corrected chi connectivity index (χ4v) is 2.42. The van der Waals surface area contributed by atoms with Gasteiger partial charge in [0.15, 0.2) is 0 Å². The average molecular weight is 262 g/mol. The number of nitrogens with one attached hydrogen (secondary N) is 1. The van der Waals surface area contributed by atoms with Crippen LogP contribution in [0, 0.1) is 5.92 Å². The van der Waals surface area contributed by atoms with Crippen LogP contribution in [-0.2, 0) is 12.8 Å². The van der Waals surface area contributed by atoms with Crippen molar-refractivity contribution >= 4 is 0 Å². The Balaban J connectivity index is 2.33. The van der Waals surface area contributed by atoms with Gasteiger partial charge in [-0.3, -0.25) is 0 Å². The van der Waals surface area contributed by atoms with Gasteiger partial charge in [-0.15, -0.1) is 0 Å². The van der Waals surface area contributed by atoms with E-state index in [9.17, 15) is 0 Å². The Morgan fingerprint density at radius 2 is 1.74 bits per heavy atom. The Hall–Kier alpha value is -0.860. The van der Waals surface area contributed by atoms with E-state index in [0.717, 1.165) is 31.8 Å². The summed E-state index contributed by atoms with van der Waals surface area (Å²) in [5, 5.41) is 3.28. The molecule has 0 saturated heterocycles. The highest BCUT2D eigenvalue weighted by Gasteiger charge is 2.08. The molecule has 2 heteroatoms. The van der Waals surface area contributed by atoms with Crippen LogP contribution in [0.4, 0.5) is 0 Å². The van der Waals surface area contributed by atoms with Crippen molar-refractivity contribution < 1.29 is 0 Å². The van der Waals surface area contributed by atoms with Crippen LogP contribution in [0.15, 0.2) is 24.3 Å². The SMILES string of the molecule is CCc1ccc(CCN(C)CC(CC)CNC)cc1. The van der Waals surface area contributed by atoms with Crippen molar-refractivity contribution in [2.75, 3.05) is 33.7 Å². The van der Waals surface area contributed by atoms with Crippen molar-refractivity contribution in [1.82, 2.24) is 10.2 Å². The zero-order valence-electron chi connectivity index (χ0n) is 13.1. The molecule has 1 N–H and O–H groups in total. The van der Waals surface area contributed by atoms with E-state index in [0.29, 0.717) is 0 Å². The molecule has 0 fully saturated rings. The highest BCUT2D eigenvalue weighted by Crippen LogP contribution is 2.08. The monoisotopic (exact) mass is 262 g/mol. The molecule has 108 valence electrons. The van der Waals surface area contributed by atoms with Crippen molar-refractivity contribution in [2.45, 2.75) is 33.1 Å². The molecule has 1 rings (SSSR count). The summed E-state index contributed by atoms with van der Waals surface area (Å²) in [4.78, 5) is 2.46. The zero-order valence-corrected chi connectivity index (χ0v) is 13.1. The van der Waals surface area contributed by atoms with Crippen LogP contribution in [0.3, 0.4) is 0 Å². The van der Waals surface area contributed by atoms with Crippen LogP contribution in [0.2, 0.25) is 0 Å². The van der Waals surface area contributed by atoms with Gasteiger partial charge < -0.3 is 10.2 Å². The Morgan fingerprint density at radius 3 is 2.26 bits per heavy atom. The molecule has 0 spiro atoms. The van der Waals surface area contributed by atoms with E-state index >= 15 is 0 Å². The largest absolute Gasteiger partial charge is 0.319 e. The Kier molecular flexibility index (Phi) is 7.76. The third-order valence-corrected chi connectivity index (χ3v) is 3.85. The predicted octanol–water partition coefficient (Wildman–Crippen LogP) is 2.97. The molecular formula is C17H30N2. The van der Waals surface area contributed by atoms with E-state index in [1.165, 1.54) is 24.1 Å². The summed E-state index contributed by atoms with van der Waals surface area (Å²) in [5.41, 5.74) is 2.88. The first-order valence-electron chi connectivity index (χ1n) is 7.60. The first-order chi connectivity index (χ1) is 9.19. The lowest BCUT2D eigenvalue weighted by Gasteiger charge is -2.23. The molecule has 1 atom stereocenters. The predicted molar refractivity (Wildman–Crippen MR) is 84.7 cm³/mol. The molecule has 0 bridgehead atoms. The fourth-order valence-electron chi connectivity index (χ4n) is 2.42. The maximum Gasteiger partial charge on any atom is 0.00189 e. The first-order valence-corrected chi connectivity index (χ1v) is 7.60. The lowest BCUT2D eigenvalue weighted by Crippen LogP contribution is -2.32. The maximum absolute atomic E-state index is 3.28. The number of rotatable bonds is 9. The second-order valence-corrected chi connectivity index (χ2v) is 5.51. The van der Waals surface area contributed by atoms with Gasteiger partial charge >= 0.3 is 0 Å². The number of nitrogens with zero attached hydrogens (tertiary/aromatic N) is 1. The molecule has 0 aromatic heterocycles. The fraction of sp³-hybridized carbons (Fsp3) is 0.647. The number of hydrogen-bond donors (Lipinski definition) is 1. The summed E-state index contributed by atoms with van der Waals surface area (Å²) in [6.07, 6.45) is 3.52. The lowest BCUT2D eigenvalue weighted by molar-refractivity contribution is 0.271. The summed E-state index contributed by atoms with van der Waals surface area (Å²) in [6, 6.07) is 9.06. The molecule has 0 radical (unpaired) electrons. The number of aryl methyl sites for hydroxylation is 1. The molecule has 0 aliphatic carbocycles. The van der Waals surface area contributed by atoms with Gasteiger partial charge in [0.25, 0.3) is 0 Å². The molecule has 0 aliphatic heterocycles. The van der Waals surface area contributed by atoms with Gasteiger partial charge in [-0.25, -0.2) is 0 Å². The van der Waals surface area contributed by atoms with Crippen molar-refractivity contribution in [3.8, 4) is 0 Å². The van der Waals surface area contributed by atoms with Crippen molar-refractivity contribution in [3.05, 3.63) is 35.4 Å². The number of benzene rings is 1. The maximum atomic E-state index is 3.28. The van der Waals surface area contributed by atoms with Gasteiger partial charge in [-0.1, -0.05) is 44.5 Å². The molecule has 1 aromatic carbocycles.